The molecule has 0 spiro atoms. The number of hydrogen-bond acceptors (Lipinski definition) is 5. The van der Waals surface area contributed by atoms with Crippen LogP contribution in [0.25, 0.3) is 0 Å². The number of rotatable bonds is 6. The molecule has 2 fully saturated rings. The Balaban J connectivity index is 1.67. The van der Waals surface area contributed by atoms with Crippen LogP contribution in [-0.2, 0) is 12.5 Å². The number of benzene rings is 1. The van der Waals surface area contributed by atoms with Gasteiger partial charge in [-0.1, -0.05) is 25.0 Å². The molecule has 2 aliphatic heterocycles. The topological polar surface area (TPSA) is 68.5 Å². The number of terminal acetylenes is 1. The monoisotopic (exact) mass is 442 g/mol. The first-order valence-electron chi connectivity index (χ1n) is 10.2. The fourth-order valence-corrected chi connectivity index (χ4v) is 4.55. The molecule has 0 radical (unpaired) electrons. The van der Waals surface area contributed by atoms with Crippen LogP contribution in [0.4, 0.5) is 13.6 Å². The molecule has 162 valence electrons. The summed E-state index contributed by atoms with van der Waals surface area (Å²) < 4.78 is 28.9. The van der Waals surface area contributed by atoms with E-state index in [0.29, 0.717) is 17.9 Å². The van der Waals surface area contributed by atoms with Crippen molar-refractivity contribution in [2.75, 3.05) is 19.6 Å². The molecule has 1 N–H and O–H groups in total. The van der Waals surface area contributed by atoms with Crippen molar-refractivity contribution in [1.82, 2.24) is 10.2 Å². The molecular formula is C23H24F2N4OS. The number of nitriles is 1. The third kappa shape index (κ3) is 5.72. The van der Waals surface area contributed by atoms with Crippen LogP contribution in [0.5, 0.6) is 0 Å². The van der Waals surface area contributed by atoms with E-state index in [-0.39, 0.29) is 35.2 Å². The number of nitrogens with one attached hydrogen (secondary N) is 1. The van der Waals surface area contributed by atoms with Gasteiger partial charge >= 0.3 is 0 Å². The first-order chi connectivity index (χ1) is 14.9. The van der Waals surface area contributed by atoms with Crippen molar-refractivity contribution in [1.29, 1.82) is 5.26 Å². The van der Waals surface area contributed by atoms with Crippen LogP contribution < -0.4 is 5.32 Å². The molecule has 1 aromatic carbocycles. The molecule has 1 amide bonds. The number of halogens is 2. The van der Waals surface area contributed by atoms with Crippen LogP contribution in [0.15, 0.2) is 34.2 Å². The van der Waals surface area contributed by atoms with Gasteiger partial charge in [0, 0.05) is 18.5 Å². The van der Waals surface area contributed by atoms with E-state index in [1.54, 1.807) is 12.1 Å². The van der Waals surface area contributed by atoms with Gasteiger partial charge in [0.05, 0.1) is 16.5 Å². The summed E-state index contributed by atoms with van der Waals surface area (Å²) in [5.41, 5.74) is 0.754. The van der Waals surface area contributed by atoms with E-state index in [1.165, 1.54) is 13.0 Å². The van der Waals surface area contributed by atoms with Gasteiger partial charge in [-0.25, -0.2) is 8.78 Å². The molecular weight excluding hydrogens is 418 g/mol. The standard InChI is InChI=1S/C23H24F2N4OS/c1-3-9-27-21-20(31-22(30)28-21)13-16-7-10-29(11-8-16)15-18-6-5-17(14-26)12-19(18)23(24,25)4-2/h1,5-6,12-13,16H,4,7-11,15H2,2H3,(H,27,28,30)/b20-13-. The molecule has 3 rings (SSSR count). The van der Waals surface area contributed by atoms with Crippen LogP contribution in [0.3, 0.4) is 0 Å². The Labute approximate surface area is 185 Å². The summed E-state index contributed by atoms with van der Waals surface area (Å²) in [6.45, 7) is 3.59. The van der Waals surface area contributed by atoms with Gasteiger partial charge in [0.25, 0.3) is 11.2 Å². The Kier molecular flexibility index (Phi) is 7.48. The van der Waals surface area contributed by atoms with E-state index in [1.807, 2.05) is 6.07 Å². The lowest BCUT2D eigenvalue weighted by atomic mass is 9.94. The molecule has 0 aliphatic carbocycles. The lowest BCUT2D eigenvalue weighted by molar-refractivity contribution is -0.00990. The number of thioether (sulfide) groups is 1. The fraction of sp³-hybridized carbons (Fsp3) is 0.435. The van der Waals surface area contributed by atoms with Gasteiger partial charge < -0.3 is 5.32 Å². The van der Waals surface area contributed by atoms with E-state index >= 15 is 0 Å². The molecule has 8 heteroatoms. The summed E-state index contributed by atoms with van der Waals surface area (Å²) in [6.07, 6.45) is 8.72. The highest BCUT2D eigenvalue weighted by Gasteiger charge is 2.33. The zero-order valence-electron chi connectivity index (χ0n) is 17.3. The Morgan fingerprint density at radius 2 is 2.16 bits per heavy atom. The number of carbonyl (C=O) groups is 1. The molecule has 31 heavy (non-hydrogen) atoms. The summed E-state index contributed by atoms with van der Waals surface area (Å²) in [6, 6.07) is 6.51. The number of amidine groups is 1. The number of amides is 1. The zero-order valence-corrected chi connectivity index (χ0v) is 18.1. The Morgan fingerprint density at radius 1 is 1.42 bits per heavy atom. The maximum Gasteiger partial charge on any atom is 0.289 e. The average Bonchev–Trinajstić information content (AvgIpc) is 3.12. The summed E-state index contributed by atoms with van der Waals surface area (Å²) in [5.74, 6) is 0.281. The van der Waals surface area contributed by atoms with Gasteiger partial charge in [0.15, 0.2) is 0 Å². The van der Waals surface area contributed by atoms with E-state index in [2.05, 4.69) is 27.2 Å². The van der Waals surface area contributed by atoms with Crippen molar-refractivity contribution in [2.24, 2.45) is 10.9 Å². The average molecular weight is 443 g/mol. The quantitative estimate of drug-likeness (QED) is 0.652. The SMILES string of the molecule is C#CCN=C1NC(=O)S/C1=C\C1CCN(Cc2ccc(C#N)cc2C(F)(F)CC)CC1. The van der Waals surface area contributed by atoms with Crippen LogP contribution in [0, 0.1) is 29.6 Å². The molecule has 1 aromatic rings. The van der Waals surface area contributed by atoms with Crippen molar-refractivity contribution < 1.29 is 13.6 Å². The van der Waals surface area contributed by atoms with Crippen molar-refractivity contribution in [3.8, 4) is 18.4 Å². The molecule has 0 saturated carbocycles. The Hall–Kier alpha value is -2.68. The fourth-order valence-electron chi connectivity index (χ4n) is 3.73. The smallest absolute Gasteiger partial charge is 0.289 e. The molecule has 0 aromatic heterocycles. The second kappa shape index (κ2) is 10.1. The number of alkyl halides is 2. The number of aliphatic imine (C=N–C) groups is 1. The minimum absolute atomic E-state index is 0.0559. The van der Waals surface area contributed by atoms with Crippen LogP contribution in [-0.4, -0.2) is 35.6 Å². The minimum atomic E-state index is -2.96. The van der Waals surface area contributed by atoms with Crippen LogP contribution in [0.2, 0.25) is 0 Å². The lowest BCUT2D eigenvalue weighted by Gasteiger charge is -2.32. The highest BCUT2D eigenvalue weighted by atomic mass is 32.2. The molecule has 5 nitrogen and oxygen atoms in total. The van der Waals surface area contributed by atoms with Crippen molar-refractivity contribution >= 4 is 22.8 Å². The van der Waals surface area contributed by atoms with Crippen molar-refractivity contribution in [2.45, 2.75) is 38.7 Å². The maximum absolute atomic E-state index is 14.5. The zero-order chi connectivity index (χ0) is 22.4. The maximum atomic E-state index is 14.5. The summed E-state index contributed by atoms with van der Waals surface area (Å²) in [7, 11) is 0. The largest absolute Gasteiger partial charge is 0.300 e. The molecule has 2 aliphatic rings. The summed E-state index contributed by atoms with van der Waals surface area (Å²) >= 11 is 1.12. The molecule has 0 unspecified atom stereocenters. The van der Waals surface area contributed by atoms with Crippen LogP contribution in [0.1, 0.15) is 42.9 Å². The number of carbonyl (C=O) groups excluding carboxylic acids is 1. The van der Waals surface area contributed by atoms with E-state index in [4.69, 9.17) is 11.7 Å². The minimum Gasteiger partial charge on any atom is -0.300 e. The Bertz CT molecular complexity index is 982. The highest BCUT2D eigenvalue weighted by molar-refractivity contribution is 8.18. The molecule has 0 bridgehead atoms. The van der Waals surface area contributed by atoms with E-state index in [9.17, 15) is 13.6 Å². The molecule has 2 saturated heterocycles. The first kappa shape index (κ1) is 23.0. The van der Waals surface area contributed by atoms with Gasteiger partial charge in [-0.15, -0.1) is 6.42 Å². The van der Waals surface area contributed by atoms with E-state index in [0.717, 1.165) is 42.6 Å². The third-order valence-electron chi connectivity index (χ3n) is 5.48. The predicted octanol–water partition coefficient (Wildman–Crippen LogP) is 4.64. The predicted molar refractivity (Wildman–Crippen MR) is 119 cm³/mol. The molecule has 0 atom stereocenters. The normalized spacial score (nSPS) is 20.6. The number of piperidine rings is 1. The number of allylic oxidation sites excluding steroid dienone is 1. The van der Waals surface area contributed by atoms with Gasteiger partial charge in [-0.2, -0.15) is 5.26 Å². The van der Waals surface area contributed by atoms with Gasteiger partial charge in [0.1, 0.15) is 12.4 Å². The second-order valence-corrected chi connectivity index (χ2v) is 8.58. The first-order valence-corrected chi connectivity index (χ1v) is 11.0. The second-order valence-electron chi connectivity index (χ2n) is 7.57. The van der Waals surface area contributed by atoms with Gasteiger partial charge in [-0.3, -0.25) is 14.7 Å². The molecule has 2 heterocycles. The van der Waals surface area contributed by atoms with Gasteiger partial charge in [-0.05, 0) is 61.3 Å². The van der Waals surface area contributed by atoms with Crippen molar-refractivity contribution in [3.05, 3.63) is 45.9 Å². The van der Waals surface area contributed by atoms with Crippen molar-refractivity contribution in [3.63, 3.8) is 0 Å². The summed E-state index contributed by atoms with van der Waals surface area (Å²) in [5, 5.41) is 11.6. The summed E-state index contributed by atoms with van der Waals surface area (Å²) in [4.78, 5) is 18.9. The highest BCUT2D eigenvalue weighted by Crippen LogP contribution is 2.35. The Morgan fingerprint density at radius 3 is 2.81 bits per heavy atom. The number of likely N-dealkylation sites (tertiary alicyclic amines) is 1. The number of hydrogen-bond donors (Lipinski definition) is 1. The van der Waals surface area contributed by atoms with Gasteiger partial charge in [0.2, 0.25) is 0 Å². The third-order valence-corrected chi connectivity index (χ3v) is 6.31. The van der Waals surface area contributed by atoms with Crippen LogP contribution >= 0.6 is 11.8 Å². The van der Waals surface area contributed by atoms with E-state index < -0.39 is 5.92 Å². The lowest BCUT2D eigenvalue weighted by Crippen LogP contribution is -2.33. The number of nitrogens with zero attached hydrogens (tertiary/aromatic N) is 3.